The number of aliphatic hydroxyl groups is 3. The molecule has 8 atom stereocenters. The predicted molar refractivity (Wildman–Crippen MR) is 121 cm³/mol. The van der Waals surface area contributed by atoms with Crippen molar-refractivity contribution in [2.45, 2.75) is 43.4 Å². The lowest BCUT2D eigenvalue weighted by Crippen LogP contribution is -2.61. The summed E-state index contributed by atoms with van der Waals surface area (Å²) in [7, 11) is 1.27. The number of fused-ring (bicyclic) bond motifs is 1. The van der Waals surface area contributed by atoms with Crippen molar-refractivity contribution in [1.82, 2.24) is 0 Å². The Morgan fingerprint density at radius 3 is 2.39 bits per heavy atom. The molecule has 0 unspecified atom stereocenters. The molecule has 0 saturated carbocycles. The van der Waals surface area contributed by atoms with Crippen LogP contribution in [0.25, 0.3) is 0 Å². The highest BCUT2D eigenvalue weighted by molar-refractivity contribution is 5.91. The number of carbonyl (C=O) groups is 3. The van der Waals surface area contributed by atoms with E-state index in [-0.39, 0.29) is 34.6 Å². The summed E-state index contributed by atoms with van der Waals surface area (Å²) in [6.45, 7) is -0.768. The summed E-state index contributed by atoms with van der Waals surface area (Å²) >= 11 is 0. The first kappa shape index (κ1) is 27.3. The summed E-state index contributed by atoms with van der Waals surface area (Å²) in [5.74, 6) is -5.77. The van der Waals surface area contributed by atoms with Crippen LogP contribution in [0.2, 0.25) is 0 Å². The zero-order valence-corrected chi connectivity index (χ0v) is 19.9. The molecule has 38 heavy (non-hydrogen) atoms. The van der Waals surface area contributed by atoms with Crippen LogP contribution >= 0.6 is 0 Å². The molecule has 1 aliphatic carbocycles. The van der Waals surface area contributed by atoms with Crippen LogP contribution < -0.4 is 4.74 Å². The molecule has 2 heterocycles. The first-order chi connectivity index (χ1) is 18.1. The molecule has 1 aromatic carbocycles. The fourth-order valence-corrected chi connectivity index (χ4v) is 4.71. The second-order valence-electron chi connectivity index (χ2n) is 8.81. The highest BCUT2D eigenvalue weighted by atomic mass is 16.8. The van der Waals surface area contributed by atoms with Gasteiger partial charge in [0, 0.05) is 11.5 Å². The van der Waals surface area contributed by atoms with E-state index in [2.05, 4.69) is 0 Å². The molecule has 0 aromatic heterocycles. The molecular formula is C24H26O14. The number of phenolic OH excluding ortho intramolecular Hbond substituents is 1. The zero-order valence-electron chi connectivity index (χ0n) is 19.9. The van der Waals surface area contributed by atoms with Crippen LogP contribution in [0.15, 0.2) is 41.7 Å². The SMILES string of the molecule is COc1cc(C(=O)O[C@@H]2[C@@H](O)[C@H](O[C@@H]3OC=C(C(=O)O)[C@H]4CC=C(C(=O)O)[C@@H]34)O[C@H](CO)[C@H]2O)ccc1O. The molecule has 0 spiro atoms. The maximum atomic E-state index is 12.8. The number of aromatic hydroxyl groups is 1. The summed E-state index contributed by atoms with van der Waals surface area (Å²) in [4.78, 5) is 36.1. The topological polar surface area (TPSA) is 219 Å². The van der Waals surface area contributed by atoms with Gasteiger partial charge in [0.1, 0.15) is 18.3 Å². The lowest BCUT2D eigenvalue weighted by molar-refractivity contribution is -0.338. The second kappa shape index (κ2) is 11.0. The highest BCUT2D eigenvalue weighted by Crippen LogP contribution is 2.44. The highest BCUT2D eigenvalue weighted by Gasteiger charge is 2.52. The quantitative estimate of drug-likeness (QED) is 0.227. The van der Waals surface area contributed by atoms with Gasteiger partial charge in [0.25, 0.3) is 0 Å². The van der Waals surface area contributed by atoms with Gasteiger partial charge in [-0.05, 0) is 24.6 Å². The Hall–Kier alpha value is -3.69. The average molecular weight is 538 g/mol. The Bertz CT molecular complexity index is 1160. The van der Waals surface area contributed by atoms with Crippen LogP contribution in [0.3, 0.4) is 0 Å². The van der Waals surface area contributed by atoms with Crippen molar-refractivity contribution in [3.63, 3.8) is 0 Å². The van der Waals surface area contributed by atoms with E-state index in [1.54, 1.807) is 0 Å². The lowest BCUT2D eigenvalue weighted by atomic mass is 9.83. The minimum atomic E-state index is -1.85. The molecule has 3 aliphatic rings. The van der Waals surface area contributed by atoms with Gasteiger partial charge in [-0.2, -0.15) is 0 Å². The Kier molecular flexibility index (Phi) is 7.89. The summed E-state index contributed by atoms with van der Waals surface area (Å²) < 4.78 is 26.8. The second-order valence-corrected chi connectivity index (χ2v) is 8.81. The van der Waals surface area contributed by atoms with Gasteiger partial charge < -0.3 is 54.3 Å². The van der Waals surface area contributed by atoms with Crippen molar-refractivity contribution < 1.29 is 68.7 Å². The average Bonchev–Trinajstić information content (AvgIpc) is 3.34. The molecule has 1 fully saturated rings. The van der Waals surface area contributed by atoms with Gasteiger partial charge in [0.05, 0.1) is 37.0 Å². The van der Waals surface area contributed by atoms with Gasteiger partial charge in [-0.15, -0.1) is 0 Å². The standard InChI is InChI=1S/C24H26O14/c1-34-14-6-9(2-5-13(14)26)22(33)37-19-17(27)15(7-25)36-24(18(19)28)38-23-16-10(3-4-11(16)20(29)30)12(8-35-23)21(31)32/h2,4-6,8,10,15-19,23-28H,3,7H2,1H3,(H,29,30)(H,31,32)/t10-,15-,16+,17-,18-,19+,23+,24+/m1/s1. The summed E-state index contributed by atoms with van der Waals surface area (Å²) in [6.07, 6.45) is -7.36. The van der Waals surface area contributed by atoms with Crippen LogP contribution in [0.1, 0.15) is 16.8 Å². The number of ether oxygens (including phenoxy) is 5. The largest absolute Gasteiger partial charge is 0.504 e. The van der Waals surface area contributed by atoms with Crippen molar-refractivity contribution in [1.29, 1.82) is 0 Å². The van der Waals surface area contributed by atoms with E-state index < -0.39 is 73.3 Å². The van der Waals surface area contributed by atoms with Gasteiger partial charge in [-0.3, -0.25) is 0 Å². The third-order valence-electron chi connectivity index (χ3n) is 6.65. The number of carboxylic acid groups (broad SMARTS) is 2. The van der Waals surface area contributed by atoms with Crippen LogP contribution in [-0.2, 0) is 28.5 Å². The lowest BCUT2D eigenvalue weighted by Gasteiger charge is -2.43. The van der Waals surface area contributed by atoms with Gasteiger partial charge in [-0.25, -0.2) is 14.4 Å². The van der Waals surface area contributed by atoms with Gasteiger partial charge in [-0.1, -0.05) is 6.08 Å². The van der Waals surface area contributed by atoms with Crippen LogP contribution in [0.4, 0.5) is 0 Å². The van der Waals surface area contributed by atoms with Crippen molar-refractivity contribution >= 4 is 17.9 Å². The van der Waals surface area contributed by atoms with Gasteiger partial charge in [0.15, 0.2) is 23.9 Å². The molecule has 1 saturated heterocycles. The van der Waals surface area contributed by atoms with E-state index in [1.807, 2.05) is 0 Å². The molecular weight excluding hydrogens is 512 g/mol. The zero-order chi connectivity index (χ0) is 27.7. The number of benzene rings is 1. The molecule has 1 aromatic rings. The number of carbonyl (C=O) groups excluding carboxylic acids is 1. The molecule has 0 radical (unpaired) electrons. The van der Waals surface area contributed by atoms with E-state index >= 15 is 0 Å². The minimum Gasteiger partial charge on any atom is -0.504 e. The number of carboxylic acids is 2. The first-order valence-corrected chi connectivity index (χ1v) is 11.4. The summed E-state index contributed by atoms with van der Waals surface area (Å²) in [6, 6.07) is 3.58. The fraction of sp³-hybridized carbons (Fsp3) is 0.458. The number of phenols is 1. The first-order valence-electron chi connectivity index (χ1n) is 11.4. The number of rotatable bonds is 8. The molecule has 14 nitrogen and oxygen atoms in total. The van der Waals surface area contributed by atoms with E-state index in [0.29, 0.717) is 0 Å². The van der Waals surface area contributed by atoms with E-state index in [4.69, 9.17) is 23.7 Å². The summed E-state index contributed by atoms with van der Waals surface area (Å²) in [5, 5.41) is 60.0. The Labute approximate surface area is 214 Å². The molecule has 4 rings (SSSR count). The summed E-state index contributed by atoms with van der Waals surface area (Å²) in [5.41, 5.74) is -0.400. The molecule has 0 amide bonds. The molecule has 206 valence electrons. The third kappa shape index (κ3) is 5.04. The smallest absolute Gasteiger partial charge is 0.338 e. The fourth-order valence-electron chi connectivity index (χ4n) is 4.71. The Morgan fingerprint density at radius 1 is 1.05 bits per heavy atom. The molecule has 0 bridgehead atoms. The number of esters is 1. The number of methoxy groups -OCH3 is 1. The molecule has 14 heteroatoms. The van der Waals surface area contributed by atoms with Gasteiger partial charge >= 0.3 is 17.9 Å². The van der Waals surface area contributed by atoms with Gasteiger partial charge in [0.2, 0.25) is 6.29 Å². The maximum Gasteiger partial charge on any atom is 0.338 e. The molecule has 2 aliphatic heterocycles. The monoisotopic (exact) mass is 538 g/mol. The number of aliphatic carboxylic acids is 2. The predicted octanol–water partition coefficient (Wildman–Crippen LogP) is -0.646. The number of aliphatic hydroxyl groups excluding tert-OH is 3. The maximum absolute atomic E-state index is 12.8. The number of hydrogen-bond donors (Lipinski definition) is 6. The van der Waals surface area contributed by atoms with Crippen molar-refractivity contribution in [3.05, 3.63) is 47.2 Å². The van der Waals surface area contributed by atoms with Crippen LogP contribution in [0, 0.1) is 11.8 Å². The van der Waals surface area contributed by atoms with Crippen LogP contribution in [-0.4, -0.2) is 99.3 Å². The molecule has 6 N–H and O–H groups in total. The number of allylic oxidation sites excluding steroid dienone is 1. The normalized spacial score (nSPS) is 32.3. The van der Waals surface area contributed by atoms with E-state index in [9.17, 15) is 45.0 Å². The van der Waals surface area contributed by atoms with E-state index in [1.165, 1.54) is 31.4 Å². The van der Waals surface area contributed by atoms with Crippen molar-refractivity contribution in [2.24, 2.45) is 11.8 Å². The van der Waals surface area contributed by atoms with E-state index in [0.717, 1.165) is 6.26 Å². The Balaban J connectivity index is 1.56. The van der Waals surface area contributed by atoms with Crippen molar-refractivity contribution in [3.8, 4) is 11.5 Å². The van der Waals surface area contributed by atoms with Crippen LogP contribution in [0.5, 0.6) is 11.5 Å². The number of hydrogen-bond acceptors (Lipinski definition) is 12. The minimum absolute atomic E-state index is 0.0291. The van der Waals surface area contributed by atoms with Crippen molar-refractivity contribution in [2.75, 3.05) is 13.7 Å². The Morgan fingerprint density at radius 2 is 1.76 bits per heavy atom. The third-order valence-corrected chi connectivity index (χ3v) is 6.65.